The molecule has 0 atom stereocenters. The lowest BCUT2D eigenvalue weighted by atomic mass is 10.4. The van der Waals surface area contributed by atoms with Crippen LogP contribution in [0.3, 0.4) is 0 Å². The first-order valence-corrected chi connectivity index (χ1v) is 5.53. The number of aliphatic carboxylic acids is 1. The summed E-state index contributed by atoms with van der Waals surface area (Å²) in [6, 6.07) is 3.68. The Hall–Kier alpha value is -0.810. The maximum absolute atomic E-state index is 10.4. The van der Waals surface area contributed by atoms with E-state index in [0.29, 0.717) is 5.75 Å². The predicted octanol–water partition coefficient (Wildman–Crippen LogP) is 2.58. The van der Waals surface area contributed by atoms with Gasteiger partial charge in [0.2, 0.25) is 0 Å². The van der Waals surface area contributed by atoms with Crippen LogP contribution in [0.25, 0.3) is 0 Å². The van der Waals surface area contributed by atoms with Crippen molar-refractivity contribution in [2.75, 3.05) is 5.75 Å². The van der Waals surface area contributed by atoms with Gasteiger partial charge in [-0.25, -0.2) is 9.78 Å². The van der Waals surface area contributed by atoms with Crippen molar-refractivity contribution in [3.63, 3.8) is 0 Å². The third kappa shape index (κ3) is 3.51. The van der Waals surface area contributed by atoms with E-state index in [2.05, 4.69) is 27.5 Å². The van der Waals surface area contributed by atoms with Crippen molar-refractivity contribution < 1.29 is 9.90 Å². The highest BCUT2D eigenvalue weighted by Crippen LogP contribution is 2.19. The Morgan fingerprint density at radius 2 is 2.36 bits per heavy atom. The molecule has 1 heterocycles. The molecular formula is C9H8BrNO2S. The summed E-state index contributed by atoms with van der Waals surface area (Å²) < 4.78 is 0.902. The summed E-state index contributed by atoms with van der Waals surface area (Å²) in [6.07, 6.45) is 1.67. The lowest BCUT2D eigenvalue weighted by molar-refractivity contribution is -0.132. The lowest BCUT2D eigenvalue weighted by Gasteiger charge is -2.00. The van der Waals surface area contributed by atoms with Gasteiger partial charge >= 0.3 is 5.97 Å². The van der Waals surface area contributed by atoms with E-state index in [0.717, 1.165) is 9.50 Å². The van der Waals surface area contributed by atoms with Crippen LogP contribution in [0.2, 0.25) is 0 Å². The molecule has 0 bridgehead atoms. The van der Waals surface area contributed by atoms with Gasteiger partial charge in [0.1, 0.15) is 0 Å². The Kier molecular flexibility index (Phi) is 4.16. The molecule has 0 aromatic carbocycles. The van der Waals surface area contributed by atoms with E-state index in [1.807, 2.05) is 12.1 Å². The lowest BCUT2D eigenvalue weighted by Crippen LogP contribution is -2.01. The van der Waals surface area contributed by atoms with Crippen molar-refractivity contribution >= 4 is 33.7 Å². The van der Waals surface area contributed by atoms with E-state index in [1.165, 1.54) is 11.8 Å². The van der Waals surface area contributed by atoms with Gasteiger partial charge < -0.3 is 5.11 Å². The number of halogens is 1. The van der Waals surface area contributed by atoms with Crippen molar-refractivity contribution in [1.82, 2.24) is 4.98 Å². The summed E-state index contributed by atoms with van der Waals surface area (Å²) in [5.41, 5.74) is 0.180. The smallest absolute Gasteiger partial charge is 0.331 e. The van der Waals surface area contributed by atoms with E-state index in [4.69, 9.17) is 5.11 Å². The zero-order valence-electron chi connectivity index (χ0n) is 7.24. The van der Waals surface area contributed by atoms with Crippen LogP contribution in [0.5, 0.6) is 0 Å². The molecule has 14 heavy (non-hydrogen) atoms. The minimum atomic E-state index is -0.963. The fourth-order valence-corrected chi connectivity index (χ4v) is 1.64. The maximum Gasteiger partial charge on any atom is 0.331 e. The average Bonchev–Trinajstić information content (AvgIpc) is 2.16. The summed E-state index contributed by atoms with van der Waals surface area (Å²) in [5.74, 6) is -0.612. The molecule has 0 aliphatic carbocycles. The monoisotopic (exact) mass is 273 g/mol. The van der Waals surface area contributed by atoms with E-state index in [1.54, 1.807) is 6.20 Å². The van der Waals surface area contributed by atoms with Crippen LogP contribution in [0.1, 0.15) is 0 Å². The maximum atomic E-state index is 10.4. The topological polar surface area (TPSA) is 50.2 Å². The van der Waals surface area contributed by atoms with Crippen LogP contribution in [0.15, 0.2) is 40.0 Å². The number of carboxylic acid groups (broad SMARTS) is 1. The minimum absolute atomic E-state index is 0.180. The van der Waals surface area contributed by atoms with Crippen molar-refractivity contribution in [1.29, 1.82) is 0 Å². The molecule has 3 nitrogen and oxygen atoms in total. The molecule has 0 aliphatic heterocycles. The number of carbonyl (C=O) groups is 1. The molecule has 1 rings (SSSR count). The Labute approximate surface area is 94.4 Å². The van der Waals surface area contributed by atoms with Gasteiger partial charge in [0.05, 0.1) is 5.03 Å². The molecule has 1 aromatic heterocycles. The molecule has 0 amide bonds. The summed E-state index contributed by atoms with van der Waals surface area (Å²) in [6.45, 7) is 3.43. The first kappa shape index (κ1) is 11.3. The molecule has 1 N–H and O–H groups in total. The first-order chi connectivity index (χ1) is 6.59. The van der Waals surface area contributed by atoms with Gasteiger partial charge in [-0.05, 0) is 28.1 Å². The quantitative estimate of drug-likeness (QED) is 0.677. The van der Waals surface area contributed by atoms with Crippen LogP contribution >= 0.6 is 27.7 Å². The number of aromatic nitrogens is 1. The molecule has 0 spiro atoms. The third-order valence-electron chi connectivity index (χ3n) is 1.40. The number of nitrogens with zero attached hydrogens (tertiary/aromatic N) is 1. The number of pyridine rings is 1. The number of thioether (sulfide) groups is 1. The second-order valence-electron chi connectivity index (χ2n) is 2.51. The van der Waals surface area contributed by atoms with Gasteiger partial charge in [0.25, 0.3) is 0 Å². The van der Waals surface area contributed by atoms with Crippen molar-refractivity contribution in [3.8, 4) is 0 Å². The Bertz CT molecular complexity index is 350. The molecule has 0 unspecified atom stereocenters. The molecule has 1 aromatic rings. The molecule has 0 radical (unpaired) electrons. The largest absolute Gasteiger partial charge is 0.478 e. The predicted molar refractivity (Wildman–Crippen MR) is 59.4 cm³/mol. The van der Waals surface area contributed by atoms with Gasteiger partial charge in [-0.1, -0.05) is 6.58 Å². The summed E-state index contributed by atoms with van der Waals surface area (Å²) in [4.78, 5) is 14.5. The summed E-state index contributed by atoms with van der Waals surface area (Å²) in [7, 11) is 0. The molecule has 0 saturated heterocycles. The Morgan fingerprint density at radius 1 is 1.64 bits per heavy atom. The van der Waals surface area contributed by atoms with Crippen molar-refractivity contribution in [3.05, 3.63) is 35.0 Å². The van der Waals surface area contributed by atoms with Crippen molar-refractivity contribution in [2.45, 2.75) is 5.03 Å². The summed E-state index contributed by atoms with van der Waals surface area (Å²) in [5, 5.41) is 9.35. The van der Waals surface area contributed by atoms with Gasteiger partial charge in [0, 0.05) is 22.0 Å². The van der Waals surface area contributed by atoms with E-state index in [9.17, 15) is 4.79 Å². The highest BCUT2D eigenvalue weighted by atomic mass is 79.9. The molecule has 0 fully saturated rings. The average molecular weight is 274 g/mol. The fourth-order valence-electron chi connectivity index (χ4n) is 0.670. The summed E-state index contributed by atoms with van der Waals surface area (Å²) >= 11 is 4.62. The Balaban J connectivity index is 2.50. The van der Waals surface area contributed by atoms with Crippen LogP contribution in [-0.2, 0) is 4.79 Å². The minimum Gasteiger partial charge on any atom is -0.478 e. The molecule has 74 valence electrons. The number of hydrogen-bond acceptors (Lipinski definition) is 3. The molecule has 0 aliphatic rings. The van der Waals surface area contributed by atoms with E-state index >= 15 is 0 Å². The number of rotatable bonds is 4. The first-order valence-electron chi connectivity index (χ1n) is 3.75. The van der Waals surface area contributed by atoms with Crippen LogP contribution in [-0.4, -0.2) is 21.8 Å². The van der Waals surface area contributed by atoms with E-state index in [-0.39, 0.29) is 5.57 Å². The highest BCUT2D eigenvalue weighted by Gasteiger charge is 2.04. The van der Waals surface area contributed by atoms with Crippen LogP contribution < -0.4 is 0 Å². The number of hydrogen-bond donors (Lipinski definition) is 1. The van der Waals surface area contributed by atoms with Gasteiger partial charge in [0.15, 0.2) is 0 Å². The normalized spacial score (nSPS) is 9.79. The highest BCUT2D eigenvalue weighted by molar-refractivity contribution is 9.10. The fraction of sp³-hybridized carbons (Fsp3) is 0.111. The Morgan fingerprint density at radius 3 is 2.86 bits per heavy atom. The van der Waals surface area contributed by atoms with Gasteiger partial charge in [-0.2, -0.15) is 0 Å². The van der Waals surface area contributed by atoms with Crippen molar-refractivity contribution in [2.24, 2.45) is 0 Å². The second kappa shape index (κ2) is 5.17. The van der Waals surface area contributed by atoms with Crippen LogP contribution in [0, 0.1) is 0 Å². The second-order valence-corrected chi connectivity index (χ2v) is 4.42. The van der Waals surface area contributed by atoms with E-state index < -0.39 is 5.97 Å². The van der Waals surface area contributed by atoms with Crippen LogP contribution in [0.4, 0.5) is 0 Å². The van der Waals surface area contributed by atoms with Gasteiger partial charge in [-0.15, -0.1) is 11.8 Å². The standard InChI is InChI=1S/C9H8BrNO2S/c1-6(9(12)13)5-14-8-3-2-7(10)4-11-8/h2-4H,1,5H2,(H,12,13). The molecule has 5 heteroatoms. The zero-order valence-corrected chi connectivity index (χ0v) is 9.64. The number of carboxylic acids is 1. The zero-order chi connectivity index (χ0) is 10.6. The third-order valence-corrected chi connectivity index (χ3v) is 2.90. The molecular weight excluding hydrogens is 266 g/mol. The molecule has 0 saturated carbocycles. The van der Waals surface area contributed by atoms with Gasteiger partial charge in [-0.3, -0.25) is 0 Å². The SMILES string of the molecule is C=C(CSc1ccc(Br)cn1)C(=O)O.